The normalized spacial score (nSPS) is 22.9. The summed E-state index contributed by atoms with van der Waals surface area (Å²) in [6.45, 7) is 1.83. The summed E-state index contributed by atoms with van der Waals surface area (Å²) in [7, 11) is 0. The molecule has 0 saturated carbocycles. The molecule has 2 nitrogen and oxygen atoms in total. The van der Waals surface area contributed by atoms with Crippen LogP contribution in [0, 0.1) is 0 Å². The second-order valence-electron chi connectivity index (χ2n) is 3.14. The van der Waals surface area contributed by atoms with Crippen LogP contribution in [0.15, 0.2) is 29.4 Å². The lowest BCUT2D eigenvalue weighted by Crippen LogP contribution is -2.18. The molecule has 13 heavy (non-hydrogen) atoms. The molecule has 0 aliphatic carbocycles. The van der Waals surface area contributed by atoms with E-state index >= 15 is 0 Å². The van der Waals surface area contributed by atoms with Crippen molar-refractivity contribution in [1.29, 1.82) is 0 Å². The van der Waals surface area contributed by atoms with Crippen molar-refractivity contribution in [3.8, 4) is 0 Å². The fraction of sp³-hybridized carbons (Fsp3) is 0.500. The van der Waals surface area contributed by atoms with Crippen LogP contribution < -0.4 is 0 Å². The first-order chi connectivity index (χ1) is 6.45. The Kier molecular flexibility index (Phi) is 3.22. The lowest BCUT2D eigenvalue weighted by molar-refractivity contribution is 0.101. The average molecular weight is 195 g/mol. The van der Waals surface area contributed by atoms with Gasteiger partial charge in [-0.3, -0.25) is 4.98 Å². The van der Waals surface area contributed by atoms with Gasteiger partial charge in [0.05, 0.1) is 6.61 Å². The summed E-state index contributed by atoms with van der Waals surface area (Å²) in [5.41, 5.74) is 0. The summed E-state index contributed by atoms with van der Waals surface area (Å²) in [6, 6.07) is 4.11. The number of hydrogen-bond donors (Lipinski definition) is 0. The van der Waals surface area contributed by atoms with Crippen LogP contribution in [-0.4, -0.2) is 23.4 Å². The van der Waals surface area contributed by atoms with Crippen molar-refractivity contribution in [2.45, 2.75) is 23.0 Å². The molecule has 1 aromatic rings. The van der Waals surface area contributed by atoms with Crippen molar-refractivity contribution in [3.63, 3.8) is 0 Å². The third-order valence-corrected chi connectivity index (χ3v) is 3.32. The van der Waals surface area contributed by atoms with E-state index in [9.17, 15) is 0 Å². The molecule has 1 aromatic heterocycles. The highest BCUT2D eigenvalue weighted by molar-refractivity contribution is 8.00. The van der Waals surface area contributed by atoms with E-state index in [-0.39, 0.29) is 0 Å². The van der Waals surface area contributed by atoms with Gasteiger partial charge in [-0.1, -0.05) is 0 Å². The van der Waals surface area contributed by atoms with E-state index < -0.39 is 0 Å². The van der Waals surface area contributed by atoms with E-state index in [2.05, 4.69) is 17.1 Å². The van der Waals surface area contributed by atoms with Gasteiger partial charge in [0.1, 0.15) is 0 Å². The predicted molar refractivity (Wildman–Crippen MR) is 53.9 cm³/mol. The Labute approximate surface area is 82.7 Å². The van der Waals surface area contributed by atoms with E-state index in [1.807, 2.05) is 24.2 Å². The fourth-order valence-corrected chi connectivity index (χ4v) is 2.53. The molecule has 1 fully saturated rings. The molecule has 0 amide bonds. The van der Waals surface area contributed by atoms with E-state index in [4.69, 9.17) is 4.74 Å². The first-order valence-electron chi connectivity index (χ1n) is 4.59. The zero-order chi connectivity index (χ0) is 8.93. The fourth-order valence-electron chi connectivity index (χ4n) is 1.41. The average Bonchev–Trinajstić information content (AvgIpc) is 2.21. The number of ether oxygens (including phenoxy) is 1. The van der Waals surface area contributed by atoms with Crippen LogP contribution in [-0.2, 0) is 4.74 Å². The minimum absolute atomic E-state index is 0.635. The van der Waals surface area contributed by atoms with Crippen LogP contribution in [0.5, 0.6) is 0 Å². The van der Waals surface area contributed by atoms with Crippen LogP contribution in [0.2, 0.25) is 0 Å². The molecule has 1 aliphatic rings. The molecule has 70 valence electrons. The van der Waals surface area contributed by atoms with Crippen LogP contribution in [0.4, 0.5) is 0 Å². The molecule has 2 heterocycles. The predicted octanol–water partition coefficient (Wildman–Crippen LogP) is 2.35. The molecule has 2 rings (SSSR count). The molecular formula is C10H13NOS. The number of aromatic nitrogens is 1. The summed E-state index contributed by atoms with van der Waals surface area (Å²) in [6.07, 6.45) is 6.15. The summed E-state index contributed by atoms with van der Waals surface area (Å²) in [5.74, 6) is 0. The van der Waals surface area contributed by atoms with Crippen LogP contribution in [0.3, 0.4) is 0 Å². The van der Waals surface area contributed by atoms with E-state index in [0.29, 0.717) is 5.25 Å². The molecule has 0 bridgehead atoms. The van der Waals surface area contributed by atoms with Crippen molar-refractivity contribution >= 4 is 11.8 Å². The lowest BCUT2D eigenvalue weighted by Gasteiger charge is -2.21. The van der Waals surface area contributed by atoms with E-state index in [0.717, 1.165) is 13.2 Å². The Morgan fingerprint density at radius 1 is 1.38 bits per heavy atom. The maximum absolute atomic E-state index is 5.42. The van der Waals surface area contributed by atoms with Crippen molar-refractivity contribution in [2.75, 3.05) is 13.2 Å². The quantitative estimate of drug-likeness (QED) is 0.723. The maximum atomic E-state index is 5.42. The van der Waals surface area contributed by atoms with Gasteiger partial charge in [0.2, 0.25) is 0 Å². The first-order valence-corrected chi connectivity index (χ1v) is 5.47. The Hall–Kier alpha value is -0.540. The van der Waals surface area contributed by atoms with E-state index in [1.54, 1.807) is 0 Å². The number of thioether (sulfide) groups is 1. The number of hydrogen-bond acceptors (Lipinski definition) is 3. The van der Waals surface area contributed by atoms with Crippen molar-refractivity contribution in [3.05, 3.63) is 24.5 Å². The van der Waals surface area contributed by atoms with Crippen LogP contribution >= 0.6 is 11.8 Å². The van der Waals surface area contributed by atoms with Gasteiger partial charge in [-0.2, -0.15) is 0 Å². The Bertz CT molecular complexity index is 246. The summed E-state index contributed by atoms with van der Waals surface area (Å²) >= 11 is 1.90. The minimum atomic E-state index is 0.635. The highest BCUT2D eigenvalue weighted by Gasteiger charge is 2.14. The lowest BCUT2D eigenvalue weighted by atomic mass is 10.2. The topological polar surface area (TPSA) is 22.1 Å². The van der Waals surface area contributed by atoms with Crippen molar-refractivity contribution in [2.24, 2.45) is 0 Å². The first kappa shape index (κ1) is 9.03. The standard InChI is InChI=1S/C10H13NOS/c1-2-10(8-12-7-1)13-9-3-5-11-6-4-9/h3-6,10H,1-2,7-8H2. The Balaban J connectivity index is 1.90. The minimum Gasteiger partial charge on any atom is -0.380 e. The van der Waals surface area contributed by atoms with Gasteiger partial charge in [0.25, 0.3) is 0 Å². The number of nitrogens with zero attached hydrogens (tertiary/aromatic N) is 1. The smallest absolute Gasteiger partial charge is 0.0588 e. The number of pyridine rings is 1. The largest absolute Gasteiger partial charge is 0.380 e. The Morgan fingerprint density at radius 2 is 2.23 bits per heavy atom. The zero-order valence-corrected chi connectivity index (χ0v) is 8.30. The Morgan fingerprint density at radius 3 is 2.92 bits per heavy atom. The maximum Gasteiger partial charge on any atom is 0.0588 e. The molecule has 1 saturated heterocycles. The summed E-state index contributed by atoms with van der Waals surface area (Å²) in [4.78, 5) is 5.29. The van der Waals surface area contributed by atoms with Gasteiger partial charge in [-0.05, 0) is 25.0 Å². The third kappa shape index (κ3) is 2.71. The SMILES string of the molecule is c1cc(SC2CCCOC2)ccn1. The molecule has 1 unspecified atom stereocenters. The molecule has 3 heteroatoms. The number of rotatable bonds is 2. The molecule has 0 spiro atoms. The molecular weight excluding hydrogens is 182 g/mol. The van der Waals surface area contributed by atoms with E-state index in [1.165, 1.54) is 17.7 Å². The summed E-state index contributed by atoms with van der Waals surface area (Å²) in [5, 5.41) is 0.635. The van der Waals surface area contributed by atoms with Gasteiger partial charge in [-0.15, -0.1) is 11.8 Å². The second kappa shape index (κ2) is 4.63. The van der Waals surface area contributed by atoms with Crippen molar-refractivity contribution < 1.29 is 4.74 Å². The third-order valence-electron chi connectivity index (χ3n) is 2.07. The van der Waals surface area contributed by atoms with Crippen LogP contribution in [0.1, 0.15) is 12.8 Å². The van der Waals surface area contributed by atoms with Gasteiger partial charge in [0, 0.05) is 29.1 Å². The highest BCUT2D eigenvalue weighted by atomic mass is 32.2. The van der Waals surface area contributed by atoms with Crippen LogP contribution in [0.25, 0.3) is 0 Å². The molecule has 0 aromatic carbocycles. The van der Waals surface area contributed by atoms with Gasteiger partial charge >= 0.3 is 0 Å². The molecule has 1 aliphatic heterocycles. The van der Waals surface area contributed by atoms with Gasteiger partial charge in [-0.25, -0.2) is 0 Å². The summed E-state index contributed by atoms with van der Waals surface area (Å²) < 4.78 is 5.42. The van der Waals surface area contributed by atoms with Gasteiger partial charge in [0.15, 0.2) is 0 Å². The van der Waals surface area contributed by atoms with Gasteiger partial charge < -0.3 is 4.74 Å². The molecule has 0 N–H and O–H groups in total. The molecule has 0 radical (unpaired) electrons. The second-order valence-corrected chi connectivity index (χ2v) is 4.51. The van der Waals surface area contributed by atoms with Crippen molar-refractivity contribution in [1.82, 2.24) is 4.98 Å². The molecule has 1 atom stereocenters. The highest BCUT2D eigenvalue weighted by Crippen LogP contribution is 2.27. The monoisotopic (exact) mass is 195 g/mol. The zero-order valence-electron chi connectivity index (χ0n) is 7.48.